The number of pyridine rings is 1. The number of halogens is 2. The number of carbonyl (C=O) groups is 1. The number of carboxylic acids is 1. The molecule has 2 aromatic carbocycles. The number of ether oxygens (including phenoxy) is 1. The molecule has 1 aliphatic rings. The van der Waals surface area contributed by atoms with E-state index in [0.29, 0.717) is 33.6 Å². The molecule has 0 aliphatic carbocycles. The van der Waals surface area contributed by atoms with Crippen molar-refractivity contribution in [1.29, 1.82) is 0 Å². The number of hydrogen-bond donors (Lipinski definition) is 2. The van der Waals surface area contributed by atoms with Gasteiger partial charge < -0.3 is 15.2 Å². The molecule has 0 bridgehead atoms. The maximum Gasteiger partial charge on any atom is 0.337 e. The monoisotopic (exact) mass is 525 g/mol. The molecular weight excluding hydrogens is 510 g/mol. The molecule has 0 radical (unpaired) electrons. The van der Waals surface area contributed by atoms with E-state index in [1.807, 2.05) is 0 Å². The molecule has 0 amide bonds. The fourth-order valence-electron chi connectivity index (χ4n) is 3.35. The van der Waals surface area contributed by atoms with Gasteiger partial charge in [-0.3, -0.25) is 4.98 Å². The highest BCUT2D eigenvalue weighted by Crippen LogP contribution is 2.38. The molecule has 0 unspecified atom stereocenters. The fraction of sp³-hybridized carbons (Fsp3) is 0.200. The summed E-state index contributed by atoms with van der Waals surface area (Å²) >= 11 is 9.55. The lowest BCUT2D eigenvalue weighted by atomic mass is 10.1. The molecule has 1 aliphatic heterocycles. The predicted molar refractivity (Wildman–Crippen MR) is 121 cm³/mol. The van der Waals surface area contributed by atoms with E-state index in [-0.39, 0.29) is 34.9 Å². The SMILES string of the molecule is O=C(O)c1cccc(Br)c1Nc1c(S(=O)(=O)N2CCOCC2)cnc2ccc(Cl)cc12. The van der Waals surface area contributed by atoms with Crippen LogP contribution < -0.4 is 5.32 Å². The number of benzene rings is 2. The number of hydrogen-bond acceptors (Lipinski definition) is 6. The van der Waals surface area contributed by atoms with E-state index >= 15 is 0 Å². The molecule has 0 spiro atoms. The Hall–Kier alpha value is -2.24. The molecule has 0 atom stereocenters. The lowest BCUT2D eigenvalue weighted by Crippen LogP contribution is -2.40. The number of morpholine rings is 1. The van der Waals surface area contributed by atoms with Crippen molar-refractivity contribution in [2.45, 2.75) is 4.90 Å². The van der Waals surface area contributed by atoms with Crippen molar-refractivity contribution in [3.05, 3.63) is 57.7 Å². The summed E-state index contributed by atoms with van der Waals surface area (Å²) in [6.45, 7) is 1.01. The Bertz CT molecular complexity index is 1280. The van der Waals surface area contributed by atoms with Crippen LogP contribution in [0.25, 0.3) is 10.9 Å². The molecule has 4 rings (SSSR count). The van der Waals surface area contributed by atoms with Crippen LogP contribution in [0.4, 0.5) is 11.4 Å². The lowest BCUT2D eigenvalue weighted by molar-refractivity contribution is 0.0698. The second-order valence-corrected chi connectivity index (χ2v) is 9.97. The first kappa shape index (κ1) is 22.0. The van der Waals surface area contributed by atoms with Crippen molar-refractivity contribution in [2.75, 3.05) is 31.6 Å². The van der Waals surface area contributed by atoms with Gasteiger partial charge in [-0.15, -0.1) is 0 Å². The smallest absolute Gasteiger partial charge is 0.337 e. The van der Waals surface area contributed by atoms with Crippen molar-refractivity contribution in [3.63, 3.8) is 0 Å². The summed E-state index contributed by atoms with van der Waals surface area (Å²) in [5, 5.41) is 13.5. The molecule has 1 fully saturated rings. The van der Waals surface area contributed by atoms with Crippen LogP contribution >= 0.6 is 27.5 Å². The highest BCUT2D eigenvalue weighted by molar-refractivity contribution is 9.10. The second kappa shape index (κ2) is 8.71. The van der Waals surface area contributed by atoms with Gasteiger partial charge in [0.2, 0.25) is 10.0 Å². The molecule has 0 saturated carbocycles. The third-order valence-corrected chi connectivity index (χ3v) is 7.68. The van der Waals surface area contributed by atoms with Gasteiger partial charge in [0, 0.05) is 34.2 Å². The summed E-state index contributed by atoms with van der Waals surface area (Å²) in [5.74, 6) is -1.15. The first-order chi connectivity index (χ1) is 14.8. The summed E-state index contributed by atoms with van der Waals surface area (Å²) in [5.41, 5.74) is 0.919. The van der Waals surface area contributed by atoms with Gasteiger partial charge in [-0.1, -0.05) is 17.7 Å². The molecule has 8 nitrogen and oxygen atoms in total. The van der Waals surface area contributed by atoms with Crippen LogP contribution in [0, 0.1) is 0 Å². The fourth-order valence-corrected chi connectivity index (χ4v) is 5.50. The van der Waals surface area contributed by atoms with Crippen LogP contribution in [0.5, 0.6) is 0 Å². The number of aromatic carboxylic acids is 1. The van der Waals surface area contributed by atoms with Gasteiger partial charge in [-0.05, 0) is 46.3 Å². The first-order valence-corrected chi connectivity index (χ1v) is 11.8. The number of nitrogens with one attached hydrogen (secondary N) is 1. The van der Waals surface area contributed by atoms with Crippen LogP contribution in [-0.2, 0) is 14.8 Å². The number of para-hydroxylation sites is 1. The van der Waals surface area contributed by atoms with Gasteiger partial charge in [-0.2, -0.15) is 4.31 Å². The summed E-state index contributed by atoms with van der Waals surface area (Å²) < 4.78 is 34.0. The molecule has 2 N–H and O–H groups in total. The zero-order valence-corrected chi connectivity index (χ0v) is 19.2. The van der Waals surface area contributed by atoms with E-state index < -0.39 is 16.0 Å². The zero-order valence-electron chi connectivity index (χ0n) is 16.0. The van der Waals surface area contributed by atoms with Crippen molar-refractivity contribution < 1.29 is 23.1 Å². The number of aromatic nitrogens is 1. The Morgan fingerprint density at radius 1 is 1.19 bits per heavy atom. The maximum absolute atomic E-state index is 13.5. The Labute approximate surface area is 192 Å². The number of rotatable bonds is 5. The summed E-state index contributed by atoms with van der Waals surface area (Å²) in [6.07, 6.45) is 1.28. The predicted octanol–water partition coefficient (Wildman–Crippen LogP) is 4.11. The van der Waals surface area contributed by atoms with E-state index in [0.717, 1.165) is 0 Å². The number of sulfonamides is 1. The molecule has 3 aromatic rings. The van der Waals surface area contributed by atoms with Crippen molar-refractivity contribution in [3.8, 4) is 0 Å². The van der Waals surface area contributed by atoms with E-state index in [1.165, 1.54) is 16.6 Å². The molecular formula is C20H17BrClN3O5S. The second-order valence-electron chi connectivity index (χ2n) is 6.77. The van der Waals surface area contributed by atoms with Crippen LogP contribution in [-0.4, -0.2) is 55.1 Å². The van der Waals surface area contributed by atoms with Crippen molar-refractivity contribution in [1.82, 2.24) is 9.29 Å². The van der Waals surface area contributed by atoms with Crippen LogP contribution in [0.2, 0.25) is 5.02 Å². The van der Waals surface area contributed by atoms with Crippen molar-refractivity contribution >= 4 is 65.8 Å². The first-order valence-electron chi connectivity index (χ1n) is 9.24. The van der Waals surface area contributed by atoms with Gasteiger partial charge in [0.05, 0.1) is 35.7 Å². The van der Waals surface area contributed by atoms with E-state index in [4.69, 9.17) is 16.3 Å². The minimum Gasteiger partial charge on any atom is -0.478 e. The lowest BCUT2D eigenvalue weighted by Gasteiger charge is -2.27. The van der Waals surface area contributed by atoms with Crippen LogP contribution in [0.1, 0.15) is 10.4 Å². The number of carboxylic acid groups (broad SMARTS) is 1. The summed E-state index contributed by atoms with van der Waals surface area (Å²) in [7, 11) is -3.94. The highest BCUT2D eigenvalue weighted by atomic mass is 79.9. The average Bonchev–Trinajstić information content (AvgIpc) is 2.75. The minimum atomic E-state index is -3.94. The van der Waals surface area contributed by atoms with Crippen LogP contribution in [0.3, 0.4) is 0 Å². The summed E-state index contributed by atoms with van der Waals surface area (Å²) in [6, 6.07) is 9.61. The topological polar surface area (TPSA) is 109 Å². The number of fused-ring (bicyclic) bond motifs is 1. The van der Waals surface area contributed by atoms with Crippen LogP contribution in [0.15, 0.2) is 52.0 Å². The third kappa shape index (κ3) is 4.26. The Morgan fingerprint density at radius 2 is 1.94 bits per heavy atom. The normalized spacial score (nSPS) is 15.2. The molecule has 1 saturated heterocycles. The highest BCUT2D eigenvalue weighted by Gasteiger charge is 2.31. The van der Waals surface area contributed by atoms with Gasteiger partial charge in [0.25, 0.3) is 0 Å². The average molecular weight is 527 g/mol. The molecule has 162 valence electrons. The summed E-state index contributed by atoms with van der Waals surface area (Å²) in [4.78, 5) is 16.0. The quantitative estimate of drug-likeness (QED) is 0.515. The molecule has 2 heterocycles. The van der Waals surface area contributed by atoms with Gasteiger partial charge in [-0.25, -0.2) is 13.2 Å². The number of anilines is 2. The van der Waals surface area contributed by atoms with Crippen molar-refractivity contribution in [2.24, 2.45) is 0 Å². The zero-order chi connectivity index (χ0) is 22.2. The van der Waals surface area contributed by atoms with Gasteiger partial charge in [0.1, 0.15) is 4.90 Å². The minimum absolute atomic E-state index is 0.0175. The third-order valence-electron chi connectivity index (χ3n) is 4.88. The van der Waals surface area contributed by atoms with Gasteiger partial charge in [0.15, 0.2) is 0 Å². The Balaban J connectivity index is 1.96. The Morgan fingerprint density at radius 3 is 2.65 bits per heavy atom. The van der Waals surface area contributed by atoms with E-state index in [9.17, 15) is 18.3 Å². The maximum atomic E-state index is 13.5. The standard InChI is InChI=1S/C20H17BrClN3O5S/c21-15-3-1-2-13(20(26)27)18(15)24-19-14-10-12(22)4-5-16(14)23-11-17(19)31(28,29)25-6-8-30-9-7-25/h1-5,10-11H,6-9H2,(H,23,24)(H,26,27). The number of nitrogens with zero attached hydrogens (tertiary/aromatic N) is 2. The Kier molecular flexibility index (Phi) is 6.18. The van der Waals surface area contributed by atoms with E-state index in [2.05, 4.69) is 26.2 Å². The van der Waals surface area contributed by atoms with E-state index in [1.54, 1.807) is 30.3 Å². The van der Waals surface area contributed by atoms with Gasteiger partial charge >= 0.3 is 5.97 Å². The largest absolute Gasteiger partial charge is 0.478 e. The molecule has 31 heavy (non-hydrogen) atoms. The molecule has 11 heteroatoms. The molecule has 1 aromatic heterocycles.